The topological polar surface area (TPSA) is 91.5 Å². The van der Waals surface area contributed by atoms with Crippen LogP contribution in [-0.2, 0) is 17.8 Å². The number of aromatic nitrogens is 2. The van der Waals surface area contributed by atoms with Crippen molar-refractivity contribution in [2.45, 2.75) is 26.9 Å². The van der Waals surface area contributed by atoms with Crippen LogP contribution in [0.4, 0.5) is 4.39 Å². The minimum absolute atomic E-state index is 0.0622. The van der Waals surface area contributed by atoms with Gasteiger partial charge in [-0.1, -0.05) is 47.7 Å². The first-order chi connectivity index (χ1) is 16.5. The number of rotatable bonds is 8. The SMILES string of the molecule is CCOC(=O)c1occ(-c2nnc(Cc3ccc(F)cc3C)s2)c(=O)c1OCc1ccccc1. The van der Waals surface area contributed by atoms with Crippen LogP contribution in [0.15, 0.2) is 64.0 Å². The van der Waals surface area contributed by atoms with E-state index in [-0.39, 0.29) is 36.1 Å². The molecule has 0 spiro atoms. The summed E-state index contributed by atoms with van der Waals surface area (Å²) in [7, 11) is 0. The van der Waals surface area contributed by atoms with E-state index in [4.69, 9.17) is 13.9 Å². The number of benzene rings is 2. The zero-order valence-electron chi connectivity index (χ0n) is 18.5. The normalized spacial score (nSPS) is 10.8. The highest BCUT2D eigenvalue weighted by atomic mass is 32.1. The quantitative estimate of drug-likeness (QED) is 0.330. The predicted molar refractivity (Wildman–Crippen MR) is 125 cm³/mol. The summed E-state index contributed by atoms with van der Waals surface area (Å²) in [6.45, 7) is 3.65. The Morgan fingerprint density at radius 3 is 2.68 bits per heavy atom. The zero-order valence-corrected chi connectivity index (χ0v) is 19.4. The Morgan fingerprint density at radius 2 is 1.94 bits per heavy atom. The summed E-state index contributed by atoms with van der Waals surface area (Å²) >= 11 is 1.21. The molecule has 0 aliphatic heterocycles. The van der Waals surface area contributed by atoms with Crippen molar-refractivity contribution in [1.82, 2.24) is 10.2 Å². The molecule has 0 atom stereocenters. The zero-order chi connectivity index (χ0) is 24.1. The van der Waals surface area contributed by atoms with Gasteiger partial charge in [0.05, 0.1) is 12.2 Å². The minimum atomic E-state index is -0.793. The van der Waals surface area contributed by atoms with E-state index >= 15 is 0 Å². The van der Waals surface area contributed by atoms with Crippen molar-refractivity contribution in [2.24, 2.45) is 0 Å². The lowest BCUT2D eigenvalue weighted by atomic mass is 10.1. The molecule has 174 valence electrons. The number of esters is 1. The van der Waals surface area contributed by atoms with Gasteiger partial charge in [-0.2, -0.15) is 0 Å². The van der Waals surface area contributed by atoms with Crippen LogP contribution < -0.4 is 10.2 Å². The average molecular weight is 481 g/mol. The standard InChI is InChI=1S/C25H21FN2O5S/c1-3-31-25(30)23-22(32-13-16-7-5-4-6-8-16)21(29)19(14-33-23)24-28-27-20(34-24)12-17-9-10-18(26)11-15(17)2/h4-11,14H,3,12-13H2,1-2H3. The van der Waals surface area contributed by atoms with Gasteiger partial charge in [-0.05, 0) is 42.7 Å². The molecule has 2 aromatic carbocycles. The van der Waals surface area contributed by atoms with Crippen LogP contribution in [0.1, 0.15) is 39.2 Å². The van der Waals surface area contributed by atoms with Gasteiger partial charge in [0.2, 0.25) is 11.2 Å². The Hall–Kier alpha value is -3.85. The van der Waals surface area contributed by atoms with Gasteiger partial charge in [0.15, 0.2) is 5.01 Å². The van der Waals surface area contributed by atoms with Crippen LogP contribution in [0, 0.1) is 12.7 Å². The number of hydrogen-bond acceptors (Lipinski definition) is 8. The molecular formula is C25H21FN2O5S. The van der Waals surface area contributed by atoms with E-state index in [1.807, 2.05) is 37.3 Å². The summed E-state index contributed by atoms with van der Waals surface area (Å²) in [5.41, 5.74) is 2.09. The van der Waals surface area contributed by atoms with Gasteiger partial charge in [-0.25, -0.2) is 9.18 Å². The van der Waals surface area contributed by atoms with Gasteiger partial charge in [-0.15, -0.1) is 10.2 Å². The maximum atomic E-state index is 13.4. The summed E-state index contributed by atoms with van der Waals surface area (Å²) in [6, 6.07) is 13.8. The first kappa shape index (κ1) is 23.3. The highest BCUT2D eigenvalue weighted by molar-refractivity contribution is 7.14. The number of aryl methyl sites for hydroxylation is 1. The Bertz CT molecular complexity index is 1370. The highest BCUT2D eigenvalue weighted by Gasteiger charge is 2.25. The number of carbonyl (C=O) groups excluding carboxylic acids is 1. The molecule has 0 aliphatic rings. The number of ether oxygens (including phenoxy) is 2. The molecule has 4 rings (SSSR count). The number of carbonyl (C=O) groups is 1. The molecule has 0 saturated carbocycles. The fraction of sp³-hybridized carbons (Fsp3) is 0.200. The molecule has 9 heteroatoms. The predicted octanol–water partition coefficient (Wildman–Crippen LogP) is 4.95. The van der Waals surface area contributed by atoms with Crippen LogP contribution >= 0.6 is 11.3 Å². The van der Waals surface area contributed by atoms with Gasteiger partial charge in [-0.3, -0.25) is 4.79 Å². The molecule has 34 heavy (non-hydrogen) atoms. The van der Waals surface area contributed by atoms with E-state index < -0.39 is 11.4 Å². The molecule has 0 unspecified atom stereocenters. The smallest absolute Gasteiger partial charge is 0.378 e. The Morgan fingerprint density at radius 1 is 1.15 bits per heavy atom. The fourth-order valence-corrected chi connectivity index (χ4v) is 4.12. The largest absolute Gasteiger partial charge is 0.481 e. The first-order valence-electron chi connectivity index (χ1n) is 10.5. The molecule has 2 heterocycles. The molecule has 0 radical (unpaired) electrons. The molecule has 0 saturated heterocycles. The first-order valence-corrected chi connectivity index (χ1v) is 11.3. The van der Waals surface area contributed by atoms with E-state index in [2.05, 4.69) is 10.2 Å². The summed E-state index contributed by atoms with van der Waals surface area (Å²) in [5.74, 6) is -1.65. The van der Waals surface area contributed by atoms with E-state index in [0.717, 1.165) is 23.0 Å². The average Bonchev–Trinajstić information content (AvgIpc) is 3.29. The van der Waals surface area contributed by atoms with Crippen molar-refractivity contribution in [1.29, 1.82) is 0 Å². The van der Waals surface area contributed by atoms with E-state index in [0.29, 0.717) is 16.4 Å². The number of halogens is 1. The van der Waals surface area contributed by atoms with Gasteiger partial charge in [0.1, 0.15) is 23.7 Å². The van der Waals surface area contributed by atoms with E-state index in [1.54, 1.807) is 13.0 Å². The third kappa shape index (κ3) is 5.20. The number of nitrogens with zero attached hydrogens (tertiary/aromatic N) is 2. The van der Waals surface area contributed by atoms with Crippen molar-refractivity contribution < 1.29 is 23.1 Å². The lowest BCUT2D eigenvalue weighted by molar-refractivity contribution is 0.0478. The maximum absolute atomic E-state index is 13.4. The fourth-order valence-electron chi connectivity index (χ4n) is 3.25. The summed E-state index contributed by atoms with van der Waals surface area (Å²) in [4.78, 5) is 25.6. The Kier molecular flexibility index (Phi) is 7.12. The molecule has 4 aromatic rings. The van der Waals surface area contributed by atoms with E-state index in [9.17, 15) is 14.0 Å². The van der Waals surface area contributed by atoms with Gasteiger partial charge in [0.25, 0.3) is 5.76 Å². The van der Waals surface area contributed by atoms with Gasteiger partial charge < -0.3 is 13.9 Å². The molecule has 0 N–H and O–H groups in total. The van der Waals surface area contributed by atoms with Crippen LogP contribution in [-0.4, -0.2) is 22.8 Å². The minimum Gasteiger partial charge on any atom is -0.481 e. The second-order valence-electron chi connectivity index (χ2n) is 7.38. The molecule has 2 aromatic heterocycles. The summed E-state index contributed by atoms with van der Waals surface area (Å²) in [5, 5.41) is 9.25. The van der Waals surface area contributed by atoms with Crippen molar-refractivity contribution in [2.75, 3.05) is 6.61 Å². The Balaban J connectivity index is 1.65. The van der Waals surface area contributed by atoms with Crippen molar-refractivity contribution in [3.63, 3.8) is 0 Å². The number of hydrogen-bond donors (Lipinski definition) is 0. The highest BCUT2D eigenvalue weighted by Crippen LogP contribution is 2.27. The lowest BCUT2D eigenvalue weighted by Crippen LogP contribution is -2.17. The van der Waals surface area contributed by atoms with Gasteiger partial charge >= 0.3 is 5.97 Å². The van der Waals surface area contributed by atoms with Crippen molar-refractivity contribution >= 4 is 17.3 Å². The summed E-state index contributed by atoms with van der Waals surface area (Å²) in [6.07, 6.45) is 1.60. The second kappa shape index (κ2) is 10.4. The van der Waals surface area contributed by atoms with Crippen LogP contribution in [0.3, 0.4) is 0 Å². The molecule has 7 nitrogen and oxygen atoms in total. The van der Waals surface area contributed by atoms with Gasteiger partial charge in [0, 0.05) is 6.42 Å². The van der Waals surface area contributed by atoms with Crippen LogP contribution in [0.25, 0.3) is 10.6 Å². The maximum Gasteiger partial charge on any atom is 0.378 e. The Labute approximate surface area is 198 Å². The summed E-state index contributed by atoms with van der Waals surface area (Å²) < 4.78 is 29.6. The molecule has 0 fully saturated rings. The second-order valence-corrected chi connectivity index (χ2v) is 8.44. The van der Waals surface area contributed by atoms with Crippen molar-refractivity contribution in [3.8, 4) is 16.3 Å². The van der Waals surface area contributed by atoms with E-state index in [1.165, 1.54) is 23.5 Å². The molecule has 0 amide bonds. The molecule has 0 aliphatic carbocycles. The van der Waals surface area contributed by atoms with Crippen LogP contribution in [0.2, 0.25) is 0 Å². The molecule has 0 bridgehead atoms. The third-order valence-electron chi connectivity index (χ3n) is 4.98. The molecular weight excluding hydrogens is 459 g/mol. The lowest BCUT2D eigenvalue weighted by Gasteiger charge is -2.10. The monoisotopic (exact) mass is 480 g/mol. The van der Waals surface area contributed by atoms with Crippen molar-refractivity contribution in [3.05, 3.63) is 98.3 Å². The van der Waals surface area contributed by atoms with Crippen LogP contribution in [0.5, 0.6) is 5.75 Å². The third-order valence-corrected chi connectivity index (χ3v) is 5.94.